The second-order valence-electron chi connectivity index (χ2n) is 5.33. The molecule has 0 aliphatic heterocycles. The van der Waals surface area contributed by atoms with E-state index in [4.69, 9.17) is 5.11 Å². The molecule has 0 atom stereocenters. The zero-order valence-corrected chi connectivity index (χ0v) is 14.3. The van der Waals surface area contributed by atoms with Gasteiger partial charge in [0.05, 0.1) is 12.7 Å². The quantitative estimate of drug-likeness (QED) is 0.830. The van der Waals surface area contributed by atoms with Crippen LogP contribution in [-0.4, -0.2) is 30.9 Å². The molecule has 0 spiro atoms. The summed E-state index contributed by atoms with van der Waals surface area (Å²) in [5, 5.41) is 9.07. The normalized spacial score (nSPS) is 11.6. The molecule has 0 amide bonds. The van der Waals surface area contributed by atoms with Crippen molar-refractivity contribution in [3.05, 3.63) is 70.8 Å². The minimum atomic E-state index is -3.88. The monoisotopic (exact) mass is 349 g/mol. The number of rotatable bonds is 7. The fourth-order valence-electron chi connectivity index (χ4n) is 2.37. The van der Waals surface area contributed by atoms with Gasteiger partial charge in [0.2, 0.25) is 0 Å². The van der Waals surface area contributed by atoms with Gasteiger partial charge >= 0.3 is 16.3 Å². The van der Waals surface area contributed by atoms with Crippen molar-refractivity contribution < 1.29 is 22.5 Å². The van der Waals surface area contributed by atoms with Crippen molar-refractivity contribution >= 4 is 16.3 Å². The molecule has 6 nitrogen and oxygen atoms in total. The van der Waals surface area contributed by atoms with E-state index in [1.807, 2.05) is 30.3 Å². The van der Waals surface area contributed by atoms with E-state index in [0.29, 0.717) is 11.1 Å². The topological polar surface area (TPSA) is 83.9 Å². The van der Waals surface area contributed by atoms with Crippen LogP contribution in [0.25, 0.3) is 0 Å². The highest BCUT2D eigenvalue weighted by atomic mass is 32.2. The molecular weight excluding hydrogens is 330 g/mol. The highest BCUT2D eigenvalue weighted by Crippen LogP contribution is 2.18. The summed E-state index contributed by atoms with van der Waals surface area (Å²) >= 11 is 0. The molecule has 0 unspecified atom stereocenters. The summed E-state index contributed by atoms with van der Waals surface area (Å²) in [6.07, 6.45) is 0. The van der Waals surface area contributed by atoms with Crippen molar-refractivity contribution in [1.29, 1.82) is 0 Å². The molecule has 0 saturated heterocycles. The molecule has 0 aliphatic carbocycles. The molecule has 24 heavy (non-hydrogen) atoms. The van der Waals surface area contributed by atoms with E-state index in [2.05, 4.69) is 4.18 Å². The van der Waals surface area contributed by atoms with Crippen molar-refractivity contribution in [2.45, 2.75) is 20.0 Å². The third-order valence-corrected chi connectivity index (χ3v) is 4.92. The molecule has 1 N–H and O–H groups in total. The van der Waals surface area contributed by atoms with Crippen LogP contribution in [-0.2, 0) is 27.6 Å². The van der Waals surface area contributed by atoms with Gasteiger partial charge in [0.25, 0.3) is 0 Å². The minimum absolute atomic E-state index is 0.0891. The van der Waals surface area contributed by atoms with Gasteiger partial charge in [-0.25, -0.2) is 4.79 Å². The van der Waals surface area contributed by atoms with E-state index in [-0.39, 0.29) is 18.7 Å². The summed E-state index contributed by atoms with van der Waals surface area (Å²) in [7, 11) is -2.76. The van der Waals surface area contributed by atoms with Crippen molar-refractivity contribution in [1.82, 2.24) is 4.31 Å². The molecule has 0 bridgehead atoms. The molecule has 0 heterocycles. The van der Waals surface area contributed by atoms with Crippen LogP contribution in [0.4, 0.5) is 0 Å². The lowest BCUT2D eigenvalue weighted by atomic mass is 10.1. The first-order valence-electron chi connectivity index (χ1n) is 7.26. The molecule has 128 valence electrons. The fraction of sp³-hybridized carbons (Fsp3) is 0.235. The zero-order chi connectivity index (χ0) is 17.7. The molecule has 2 rings (SSSR count). The zero-order valence-electron chi connectivity index (χ0n) is 13.5. The van der Waals surface area contributed by atoms with Crippen LogP contribution < -0.4 is 0 Å². The first kappa shape index (κ1) is 18.1. The first-order chi connectivity index (χ1) is 11.3. The van der Waals surface area contributed by atoms with Crippen LogP contribution in [0.15, 0.2) is 48.5 Å². The number of aryl methyl sites for hydroxylation is 1. The number of hydrogen-bond donors (Lipinski definition) is 1. The number of carbonyl (C=O) groups is 1. The van der Waals surface area contributed by atoms with E-state index in [1.54, 1.807) is 19.1 Å². The Hall–Kier alpha value is -2.22. The summed E-state index contributed by atoms with van der Waals surface area (Å²) < 4.78 is 30.2. The number of hydrogen-bond acceptors (Lipinski definition) is 4. The van der Waals surface area contributed by atoms with Crippen LogP contribution in [0.2, 0.25) is 0 Å². The van der Waals surface area contributed by atoms with Gasteiger partial charge < -0.3 is 5.11 Å². The predicted molar refractivity (Wildman–Crippen MR) is 89.8 cm³/mol. The van der Waals surface area contributed by atoms with Gasteiger partial charge in [0.1, 0.15) is 0 Å². The number of carboxylic acids is 1. The minimum Gasteiger partial charge on any atom is -0.478 e. The van der Waals surface area contributed by atoms with Crippen LogP contribution >= 0.6 is 0 Å². The molecule has 2 aromatic carbocycles. The third-order valence-electron chi connectivity index (χ3n) is 3.61. The van der Waals surface area contributed by atoms with Crippen LogP contribution in [0.5, 0.6) is 0 Å². The van der Waals surface area contributed by atoms with E-state index in [0.717, 1.165) is 12.7 Å². The maximum absolute atomic E-state index is 12.2. The third kappa shape index (κ3) is 4.41. The Morgan fingerprint density at radius 2 is 1.71 bits per heavy atom. The summed E-state index contributed by atoms with van der Waals surface area (Å²) in [5.74, 6) is -1.01. The van der Waals surface area contributed by atoms with Gasteiger partial charge in [-0.05, 0) is 29.7 Å². The van der Waals surface area contributed by atoms with E-state index < -0.39 is 16.3 Å². The molecule has 0 aromatic heterocycles. The Bertz CT molecular complexity index is 818. The SMILES string of the molecule is COS(=O)(=O)N(Cc1ccccc1)Cc1ccc(C(=O)O)c(C)c1. The van der Waals surface area contributed by atoms with Crippen molar-refractivity contribution in [3.8, 4) is 0 Å². The Morgan fingerprint density at radius 3 is 2.25 bits per heavy atom. The second-order valence-corrected chi connectivity index (χ2v) is 7.04. The Labute approximate surface area is 141 Å². The average Bonchev–Trinajstić information content (AvgIpc) is 2.55. The summed E-state index contributed by atoms with van der Waals surface area (Å²) in [6.45, 7) is 1.93. The number of carboxylic acid groups (broad SMARTS) is 1. The Morgan fingerprint density at radius 1 is 1.08 bits per heavy atom. The van der Waals surface area contributed by atoms with E-state index in [1.165, 1.54) is 10.4 Å². The van der Waals surface area contributed by atoms with Crippen molar-refractivity contribution in [2.24, 2.45) is 0 Å². The lowest BCUT2D eigenvalue weighted by Gasteiger charge is -2.21. The van der Waals surface area contributed by atoms with Gasteiger partial charge in [-0.3, -0.25) is 4.18 Å². The summed E-state index contributed by atoms with van der Waals surface area (Å²) in [4.78, 5) is 11.1. The van der Waals surface area contributed by atoms with Gasteiger partial charge in [0, 0.05) is 13.1 Å². The smallest absolute Gasteiger partial charge is 0.338 e. The molecule has 0 aliphatic rings. The average molecular weight is 349 g/mol. The van der Waals surface area contributed by atoms with Gasteiger partial charge in [-0.1, -0.05) is 42.5 Å². The highest BCUT2D eigenvalue weighted by Gasteiger charge is 2.22. The van der Waals surface area contributed by atoms with Crippen molar-refractivity contribution in [3.63, 3.8) is 0 Å². The molecule has 0 fully saturated rings. The maximum atomic E-state index is 12.2. The van der Waals surface area contributed by atoms with E-state index in [9.17, 15) is 13.2 Å². The summed E-state index contributed by atoms with van der Waals surface area (Å²) in [5.41, 5.74) is 2.29. The Kier molecular flexibility index (Phi) is 5.71. The predicted octanol–water partition coefficient (Wildman–Crippen LogP) is 2.59. The lowest BCUT2D eigenvalue weighted by Crippen LogP contribution is -2.31. The molecular formula is C17H19NO5S. The standard InChI is InChI=1S/C17H19NO5S/c1-13-10-15(8-9-16(13)17(19)20)12-18(24(21,22)23-2)11-14-6-4-3-5-7-14/h3-10H,11-12H2,1-2H3,(H,19,20). The second kappa shape index (κ2) is 7.57. The lowest BCUT2D eigenvalue weighted by molar-refractivity contribution is 0.0696. The number of nitrogens with zero attached hydrogens (tertiary/aromatic N) is 1. The van der Waals surface area contributed by atoms with Gasteiger partial charge in [-0.15, -0.1) is 0 Å². The first-order valence-corrected chi connectivity index (χ1v) is 8.62. The fourth-order valence-corrected chi connectivity index (χ4v) is 3.20. The Balaban J connectivity index is 2.29. The van der Waals surface area contributed by atoms with Crippen molar-refractivity contribution in [2.75, 3.05) is 7.11 Å². The molecule has 2 aromatic rings. The number of aromatic carboxylic acids is 1. The van der Waals surface area contributed by atoms with Crippen LogP contribution in [0.3, 0.4) is 0 Å². The van der Waals surface area contributed by atoms with Gasteiger partial charge in [-0.2, -0.15) is 12.7 Å². The molecule has 0 radical (unpaired) electrons. The number of benzene rings is 2. The molecule has 7 heteroatoms. The maximum Gasteiger partial charge on any atom is 0.338 e. The molecule has 0 saturated carbocycles. The largest absolute Gasteiger partial charge is 0.478 e. The van der Waals surface area contributed by atoms with Crippen LogP contribution in [0.1, 0.15) is 27.0 Å². The highest BCUT2D eigenvalue weighted by molar-refractivity contribution is 7.84. The van der Waals surface area contributed by atoms with Crippen LogP contribution in [0, 0.1) is 6.92 Å². The van der Waals surface area contributed by atoms with Gasteiger partial charge in [0.15, 0.2) is 0 Å². The summed E-state index contributed by atoms with van der Waals surface area (Å²) in [6, 6.07) is 13.9. The van der Waals surface area contributed by atoms with E-state index >= 15 is 0 Å².